The van der Waals surface area contributed by atoms with E-state index in [-0.39, 0.29) is 19.4 Å². The average molecular weight is 961 g/mol. The van der Waals surface area contributed by atoms with Crippen LogP contribution in [0.1, 0.15) is 129 Å². The standard InChI is InChI=1S/C53H84O15/c1-3-5-7-9-11-13-15-17-19-20-22-23-25-27-29-31-33-35-44(55)63-38-41(66-45(56)36-34-32-30-28-26-24-21-18-16-14-12-10-8-6-4-2)39-64-52-51(62)49(60)47(58)43(68-52)40-65-53-50(61)48(59)46(57)42(37-54)67-53/h6,8,11-14,17-19,21-23,26-29,41-43,46-54,57-62H,3-5,7,9-10,15-16,20,24-25,30-40H2,1-2H3/b8-6+,13-11+,14-12+,19-17+,21-18+,23-22+,28-26+,29-27+/t41-,42+,43+,46-,47-,48?,49?,50?,51?,52+,53+/m0/s1. The van der Waals surface area contributed by atoms with E-state index in [4.69, 9.17) is 28.4 Å². The van der Waals surface area contributed by atoms with Crippen molar-refractivity contribution in [3.05, 3.63) is 97.2 Å². The fourth-order valence-electron chi connectivity index (χ4n) is 6.96. The van der Waals surface area contributed by atoms with Crippen LogP contribution in [0.25, 0.3) is 0 Å². The molecule has 2 heterocycles. The van der Waals surface area contributed by atoms with Crippen LogP contribution in [0.3, 0.4) is 0 Å². The summed E-state index contributed by atoms with van der Waals surface area (Å²) in [5, 5.41) is 72.0. The highest BCUT2D eigenvalue weighted by Crippen LogP contribution is 2.26. The molecule has 2 aliphatic heterocycles. The van der Waals surface area contributed by atoms with Gasteiger partial charge in [0.25, 0.3) is 0 Å². The van der Waals surface area contributed by atoms with Crippen molar-refractivity contribution < 1.29 is 73.8 Å². The number of allylic oxidation sites excluding steroid dienone is 16. The molecule has 0 saturated carbocycles. The molecule has 0 amide bonds. The van der Waals surface area contributed by atoms with E-state index in [9.17, 15) is 45.3 Å². The number of aliphatic hydroxyl groups is 7. The Morgan fingerprint density at radius 2 is 0.926 bits per heavy atom. The van der Waals surface area contributed by atoms with Gasteiger partial charge in [-0.1, -0.05) is 124 Å². The Morgan fingerprint density at radius 1 is 0.485 bits per heavy atom. The molecule has 0 aromatic rings. The van der Waals surface area contributed by atoms with Crippen LogP contribution < -0.4 is 0 Å². The van der Waals surface area contributed by atoms with Crippen molar-refractivity contribution in [1.29, 1.82) is 0 Å². The lowest BCUT2D eigenvalue weighted by Gasteiger charge is -2.42. The number of unbranched alkanes of at least 4 members (excludes halogenated alkanes) is 6. The SMILES string of the molecule is CC/C=C/C/C=C/C/C=C/C/C=C/CCCCC(=O)O[C@@H](COC(=O)CCC/C=C/C/C=C/C/C=C/C/C=C/CCCCC)CO[C@@H]1O[C@H](CO[C@@H]2O[C@H](CO)[C@H](O)C(O)C2O)[C@H](O)C(O)C1O. The first-order valence-electron chi connectivity index (χ1n) is 24.8. The molecule has 7 N–H and O–H groups in total. The number of aliphatic hydroxyl groups excluding tert-OH is 7. The molecule has 2 fully saturated rings. The molecule has 0 bridgehead atoms. The first-order valence-corrected chi connectivity index (χ1v) is 24.8. The summed E-state index contributed by atoms with van der Waals surface area (Å²) < 4.78 is 33.4. The van der Waals surface area contributed by atoms with Crippen molar-refractivity contribution in [2.24, 2.45) is 0 Å². The van der Waals surface area contributed by atoms with E-state index < -0.39 is 99.3 Å². The Bertz CT molecular complexity index is 1550. The first-order chi connectivity index (χ1) is 33.0. The summed E-state index contributed by atoms with van der Waals surface area (Å²) in [4.78, 5) is 25.7. The molecule has 4 unspecified atom stereocenters. The van der Waals surface area contributed by atoms with Gasteiger partial charge in [0, 0.05) is 12.8 Å². The van der Waals surface area contributed by atoms with Crippen LogP contribution in [0, 0.1) is 0 Å². The summed E-state index contributed by atoms with van der Waals surface area (Å²) in [7, 11) is 0. The monoisotopic (exact) mass is 961 g/mol. The van der Waals surface area contributed by atoms with E-state index in [1.165, 1.54) is 19.3 Å². The van der Waals surface area contributed by atoms with Gasteiger partial charge in [0.2, 0.25) is 0 Å². The van der Waals surface area contributed by atoms with Gasteiger partial charge in [-0.15, -0.1) is 0 Å². The lowest BCUT2D eigenvalue weighted by atomic mass is 9.98. The predicted octanol–water partition coefficient (Wildman–Crippen LogP) is 6.59. The lowest BCUT2D eigenvalue weighted by molar-refractivity contribution is -0.332. The van der Waals surface area contributed by atoms with E-state index in [2.05, 4.69) is 98.9 Å². The summed E-state index contributed by atoms with van der Waals surface area (Å²) in [6.45, 7) is 2.31. The molecule has 2 rings (SSSR count). The van der Waals surface area contributed by atoms with E-state index >= 15 is 0 Å². The Labute approximate surface area is 405 Å². The van der Waals surface area contributed by atoms with Gasteiger partial charge < -0.3 is 64.2 Å². The number of hydrogen-bond acceptors (Lipinski definition) is 15. The van der Waals surface area contributed by atoms with Crippen molar-refractivity contribution in [2.75, 3.05) is 26.4 Å². The maximum Gasteiger partial charge on any atom is 0.306 e. The molecule has 15 heteroatoms. The van der Waals surface area contributed by atoms with Crippen molar-refractivity contribution in [1.82, 2.24) is 0 Å². The van der Waals surface area contributed by atoms with Crippen LogP contribution in [0.2, 0.25) is 0 Å². The second-order valence-corrected chi connectivity index (χ2v) is 16.9. The molecule has 0 aromatic heterocycles. The van der Waals surface area contributed by atoms with Gasteiger partial charge in [-0.25, -0.2) is 0 Å². The van der Waals surface area contributed by atoms with Crippen molar-refractivity contribution in [2.45, 2.75) is 197 Å². The molecule has 11 atom stereocenters. The van der Waals surface area contributed by atoms with E-state index in [1.807, 2.05) is 12.2 Å². The van der Waals surface area contributed by atoms with E-state index in [0.29, 0.717) is 19.3 Å². The zero-order valence-electron chi connectivity index (χ0n) is 40.5. The third-order valence-corrected chi connectivity index (χ3v) is 11.0. The third kappa shape index (κ3) is 27.0. The van der Waals surface area contributed by atoms with Crippen LogP contribution >= 0.6 is 0 Å². The molecule has 15 nitrogen and oxygen atoms in total. The summed E-state index contributed by atoms with van der Waals surface area (Å²) in [6, 6.07) is 0. The second-order valence-electron chi connectivity index (χ2n) is 16.9. The normalized spacial score (nSPS) is 26.6. The van der Waals surface area contributed by atoms with Gasteiger partial charge in [-0.05, 0) is 89.9 Å². The fourth-order valence-corrected chi connectivity index (χ4v) is 6.96. The van der Waals surface area contributed by atoms with Gasteiger partial charge in [-0.3, -0.25) is 9.59 Å². The number of ether oxygens (including phenoxy) is 6. The average Bonchev–Trinajstić information content (AvgIpc) is 3.33. The fraction of sp³-hybridized carbons (Fsp3) is 0.660. The summed E-state index contributed by atoms with van der Waals surface area (Å²) in [5.41, 5.74) is 0. The lowest BCUT2D eigenvalue weighted by Crippen LogP contribution is -2.61. The number of esters is 2. The van der Waals surface area contributed by atoms with Crippen molar-refractivity contribution >= 4 is 11.9 Å². The summed E-state index contributed by atoms with van der Waals surface area (Å²) in [6.07, 6.45) is 31.6. The van der Waals surface area contributed by atoms with Crippen LogP contribution in [-0.4, -0.2) is 142 Å². The zero-order chi connectivity index (χ0) is 49.6. The molecule has 0 aliphatic carbocycles. The molecule has 386 valence electrons. The number of carbonyl (C=O) groups is 2. The highest BCUT2D eigenvalue weighted by atomic mass is 16.7. The maximum atomic E-state index is 13.0. The third-order valence-electron chi connectivity index (χ3n) is 11.0. The molecule has 0 spiro atoms. The molecule has 0 radical (unpaired) electrons. The van der Waals surface area contributed by atoms with Gasteiger partial charge in [0.05, 0.1) is 19.8 Å². The van der Waals surface area contributed by atoms with E-state index in [1.54, 1.807) is 0 Å². The maximum absolute atomic E-state index is 13.0. The van der Waals surface area contributed by atoms with Gasteiger partial charge in [0.15, 0.2) is 18.7 Å². The molecule has 2 aliphatic rings. The van der Waals surface area contributed by atoms with Crippen LogP contribution in [0.4, 0.5) is 0 Å². The minimum absolute atomic E-state index is 0.0951. The Balaban J connectivity index is 1.87. The predicted molar refractivity (Wildman–Crippen MR) is 261 cm³/mol. The first kappa shape index (κ1) is 60.5. The van der Waals surface area contributed by atoms with Crippen LogP contribution in [0.15, 0.2) is 97.2 Å². The van der Waals surface area contributed by atoms with E-state index in [0.717, 1.165) is 64.2 Å². The van der Waals surface area contributed by atoms with Gasteiger partial charge in [-0.2, -0.15) is 0 Å². The minimum Gasteiger partial charge on any atom is -0.462 e. The van der Waals surface area contributed by atoms with Crippen LogP contribution in [-0.2, 0) is 38.0 Å². The van der Waals surface area contributed by atoms with Gasteiger partial charge >= 0.3 is 11.9 Å². The highest BCUT2D eigenvalue weighted by Gasteiger charge is 2.47. The van der Waals surface area contributed by atoms with Crippen molar-refractivity contribution in [3.63, 3.8) is 0 Å². The highest BCUT2D eigenvalue weighted by molar-refractivity contribution is 5.70. The largest absolute Gasteiger partial charge is 0.462 e. The molecule has 2 saturated heterocycles. The molecular formula is C53H84O15. The number of rotatable bonds is 36. The Morgan fingerprint density at radius 3 is 1.44 bits per heavy atom. The Hall–Kier alpha value is -3.58. The molecular weight excluding hydrogens is 877 g/mol. The van der Waals surface area contributed by atoms with Crippen molar-refractivity contribution in [3.8, 4) is 0 Å². The quantitative estimate of drug-likeness (QED) is 0.0200. The number of carbonyl (C=O) groups excluding carboxylic acids is 2. The topological polar surface area (TPSA) is 231 Å². The van der Waals surface area contributed by atoms with Crippen LogP contribution in [0.5, 0.6) is 0 Å². The summed E-state index contributed by atoms with van der Waals surface area (Å²) in [5.74, 6) is -1.05. The zero-order valence-corrected chi connectivity index (χ0v) is 40.5. The Kier molecular flexibility index (Phi) is 34.9. The molecule has 0 aromatic carbocycles. The molecule has 68 heavy (non-hydrogen) atoms. The van der Waals surface area contributed by atoms with Gasteiger partial charge in [0.1, 0.15) is 55.4 Å². The summed E-state index contributed by atoms with van der Waals surface area (Å²) >= 11 is 0. The minimum atomic E-state index is -1.79. The smallest absolute Gasteiger partial charge is 0.306 e. The second kappa shape index (κ2) is 39.2. The number of hydrogen-bond donors (Lipinski definition) is 7.